The van der Waals surface area contributed by atoms with E-state index in [4.69, 9.17) is 0 Å². The molecule has 0 bridgehead atoms. The summed E-state index contributed by atoms with van der Waals surface area (Å²) >= 11 is 1.80. The van der Waals surface area contributed by atoms with E-state index in [9.17, 15) is 4.79 Å². The highest BCUT2D eigenvalue weighted by Gasteiger charge is 2.38. The van der Waals surface area contributed by atoms with Crippen LogP contribution in [0.15, 0.2) is 0 Å². The predicted molar refractivity (Wildman–Crippen MR) is 70.5 cm³/mol. The Hall–Kier alpha value is -0.220. The Morgan fingerprint density at radius 3 is 2.56 bits per heavy atom. The average molecular weight is 244 g/mol. The van der Waals surface area contributed by atoms with Gasteiger partial charge in [-0.3, -0.25) is 10.1 Å². The topological polar surface area (TPSA) is 32.3 Å². The first-order valence-electron chi connectivity index (χ1n) is 6.04. The molecule has 3 atom stereocenters. The van der Waals surface area contributed by atoms with Crippen LogP contribution in [0.25, 0.3) is 0 Å². The van der Waals surface area contributed by atoms with E-state index in [1.807, 2.05) is 11.8 Å². The Morgan fingerprint density at radius 2 is 2.06 bits per heavy atom. The van der Waals surface area contributed by atoms with Gasteiger partial charge in [-0.1, -0.05) is 13.8 Å². The normalized spacial score (nSPS) is 27.9. The van der Waals surface area contributed by atoms with Gasteiger partial charge in [-0.2, -0.15) is 11.8 Å². The van der Waals surface area contributed by atoms with Crippen molar-refractivity contribution in [2.45, 2.75) is 52.4 Å². The van der Waals surface area contributed by atoms with Crippen molar-refractivity contribution >= 4 is 17.7 Å². The highest BCUT2D eigenvalue weighted by atomic mass is 32.2. The molecule has 0 aliphatic carbocycles. The van der Waals surface area contributed by atoms with Crippen molar-refractivity contribution in [2.75, 3.05) is 12.0 Å². The third-order valence-corrected chi connectivity index (χ3v) is 3.80. The maximum atomic E-state index is 12.1. The summed E-state index contributed by atoms with van der Waals surface area (Å²) in [5.74, 6) is 1.88. The average Bonchev–Trinajstić information content (AvgIpc) is 2.41. The molecule has 0 aromatic carbocycles. The first kappa shape index (κ1) is 13.8. The molecule has 0 aromatic rings. The van der Waals surface area contributed by atoms with Gasteiger partial charge in [0.25, 0.3) is 0 Å². The number of carbonyl (C=O) groups is 1. The van der Waals surface area contributed by atoms with Crippen LogP contribution in [0.1, 0.15) is 34.1 Å². The second kappa shape index (κ2) is 5.92. The number of rotatable bonds is 5. The molecule has 1 rings (SSSR count). The Kier molecular flexibility index (Phi) is 5.12. The zero-order valence-electron chi connectivity index (χ0n) is 11.0. The second-order valence-corrected chi connectivity index (χ2v) is 5.99. The fourth-order valence-corrected chi connectivity index (χ4v) is 2.93. The lowest BCUT2D eigenvalue weighted by molar-refractivity contribution is -0.131. The molecule has 1 fully saturated rings. The first-order valence-corrected chi connectivity index (χ1v) is 7.44. The molecule has 1 aliphatic rings. The van der Waals surface area contributed by atoms with E-state index in [1.54, 1.807) is 11.8 Å². The van der Waals surface area contributed by atoms with Gasteiger partial charge in [0.15, 0.2) is 0 Å². The van der Waals surface area contributed by atoms with Crippen molar-refractivity contribution in [3.63, 3.8) is 0 Å². The predicted octanol–water partition coefficient (Wildman–Crippen LogP) is 1.93. The molecular formula is C12H24N2OS. The second-order valence-electron chi connectivity index (χ2n) is 5.08. The molecule has 1 N–H and O–H groups in total. The van der Waals surface area contributed by atoms with Gasteiger partial charge in [-0.25, -0.2) is 0 Å². The molecule has 3 unspecified atom stereocenters. The summed E-state index contributed by atoms with van der Waals surface area (Å²) in [6.07, 6.45) is 3.35. The van der Waals surface area contributed by atoms with Crippen molar-refractivity contribution < 1.29 is 4.79 Å². The SMILES string of the molecule is CSCC(C)N1C(=O)C(C)NC1CC(C)C. The van der Waals surface area contributed by atoms with Crippen LogP contribution in [0, 0.1) is 5.92 Å². The molecule has 0 radical (unpaired) electrons. The molecule has 4 heteroatoms. The Bertz CT molecular complexity index is 245. The zero-order valence-corrected chi connectivity index (χ0v) is 11.8. The largest absolute Gasteiger partial charge is 0.322 e. The molecule has 1 aliphatic heterocycles. The van der Waals surface area contributed by atoms with Gasteiger partial charge in [-0.15, -0.1) is 0 Å². The lowest BCUT2D eigenvalue weighted by atomic mass is 10.1. The highest BCUT2D eigenvalue weighted by Crippen LogP contribution is 2.21. The molecule has 0 saturated carbocycles. The molecule has 1 amide bonds. The van der Waals surface area contributed by atoms with Gasteiger partial charge in [-0.05, 0) is 32.4 Å². The molecule has 1 heterocycles. The minimum atomic E-state index is -0.0203. The summed E-state index contributed by atoms with van der Waals surface area (Å²) < 4.78 is 0. The third-order valence-electron chi connectivity index (χ3n) is 2.98. The van der Waals surface area contributed by atoms with Crippen LogP contribution < -0.4 is 5.32 Å². The summed E-state index contributed by atoms with van der Waals surface area (Å²) in [5.41, 5.74) is 0. The van der Waals surface area contributed by atoms with Crippen molar-refractivity contribution in [3.05, 3.63) is 0 Å². The highest BCUT2D eigenvalue weighted by molar-refractivity contribution is 7.98. The van der Waals surface area contributed by atoms with Crippen LogP contribution in [0.2, 0.25) is 0 Å². The maximum absolute atomic E-state index is 12.1. The van der Waals surface area contributed by atoms with Gasteiger partial charge in [0.05, 0.1) is 12.2 Å². The van der Waals surface area contributed by atoms with Gasteiger partial charge in [0, 0.05) is 11.8 Å². The van der Waals surface area contributed by atoms with Crippen LogP contribution in [0.5, 0.6) is 0 Å². The number of carbonyl (C=O) groups excluding carboxylic acids is 1. The fraction of sp³-hybridized carbons (Fsp3) is 0.917. The number of amides is 1. The van der Waals surface area contributed by atoms with E-state index in [0.29, 0.717) is 12.0 Å². The number of thioether (sulfide) groups is 1. The van der Waals surface area contributed by atoms with Crippen molar-refractivity contribution in [1.82, 2.24) is 10.2 Å². The maximum Gasteiger partial charge on any atom is 0.240 e. The fourth-order valence-electron chi connectivity index (χ4n) is 2.29. The molecule has 1 saturated heterocycles. The van der Waals surface area contributed by atoms with E-state index in [1.165, 1.54) is 0 Å². The summed E-state index contributed by atoms with van der Waals surface area (Å²) in [4.78, 5) is 14.1. The monoisotopic (exact) mass is 244 g/mol. The van der Waals surface area contributed by atoms with Crippen LogP contribution in [0.4, 0.5) is 0 Å². The smallest absolute Gasteiger partial charge is 0.240 e. The van der Waals surface area contributed by atoms with Crippen LogP contribution >= 0.6 is 11.8 Å². The number of nitrogens with one attached hydrogen (secondary N) is 1. The van der Waals surface area contributed by atoms with Gasteiger partial charge < -0.3 is 4.90 Å². The summed E-state index contributed by atoms with van der Waals surface area (Å²) in [7, 11) is 0. The van der Waals surface area contributed by atoms with E-state index in [2.05, 4.69) is 32.3 Å². The van der Waals surface area contributed by atoms with Crippen molar-refractivity contribution in [2.24, 2.45) is 5.92 Å². The molecular weight excluding hydrogens is 220 g/mol. The van der Waals surface area contributed by atoms with Gasteiger partial charge >= 0.3 is 0 Å². The third kappa shape index (κ3) is 3.14. The Labute approximate surface area is 103 Å². The zero-order chi connectivity index (χ0) is 12.3. The lowest BCUT2D eigenvalue weighted by Gasteiger charge is -2.31. The lowest BCUT2D eigenvalue weighted by Crippen LogP contribution is -2.45. The standard InChI is InChI=1S/C12H24N2OS/c1-8(2)6-11-13-10(4)12(15)14(11)9(3)7-16-5/h8-11,13H,6-7H2,1-5H3. The molecule has 16 heavy (non-hydrogen) atoms. The summed E-state index contributed by atoms with van der Waals surface area (Å²) in [5, 5.41) is 3.39. The van der Waals surface area contributed by atoms with Crippen LogP contribution in [-0.4, -0.2) is 41.1 Å². The summed E-state index contributed by atoms with van der Waals surface area (Å²) in [6, 6.07) is 0.303. The van der Waals surface area contributed by atoms with Crippen LogP contribution in [0.3, 0.4) is 0 Å². The van der Waals surface area contributed by atoms with Gasteiger partial charge in [0.2, 0.25) is 5.91 Å². The Balaban J connectivity index is 2.70. The number of nitrogens with zero attached hydrogens (tertiary/aromatic N) is 1. The minimum absolute atomic E-state index is 0.0203. The van der Waals surface area contributed by atoms with Crippen molar-refractivity contribution in [3.8, 4) is 0 Å². The van der Waals surface area contributed by atoms with E-state index in [0.717, 1.165) is 12.2 Å². The van der Waals surface area contributed by atoms with E-state index >= 15 is 0 Å². The molecule has 0 aromatic heterocycles. The van der Waals surface area contributed by atoms with Crippen LogP contribution in [-0.2, 0) is 4.79 Å². The van der Waals surface area contributed by atoms with Gasteiger partial charge in [0.1, 0.15) is 0 Å². The van der Waals surface area contributed by atoms with E-state index < -0.39 is 0 Å². The molecule has 3 nitrogen and oxygen atoms in total. The molecule has 94 valence electrons. The Morgan fingerprint density at radius 1 is 1.44 bits per heavy atom. The van der Waals surface area contributed by atoms with E-state index in [-0.39, 0.29) is 18.1 Å². The van der Waals surface area contributed by atoms with Crippen molar-refractivity contribution in [1.29, 1.82) is 0 Å². The quantitative estimate of drug-likeness (QED) is 0.802. The first-order chi connectivity index (χ1) is 7.47. The number of hydrogen-bond donors (Lipinski definition) is 1. The minimum Gasteiger partial charge on any atom is -0.322 e. The number of hydrogen-bond acceptors (Lipinski definition) is 3. The molecule has 0 spiro atoms. The summed E-state index contributed by atoms with van der Waals surface area (Å²) in [6.45, 7) is 8.50.